The molecule has 0 aromatic carbocycles. The summed E-state index contributed by atoms with van der Waals surface area (Å²) in [6, 6.07) is 0.752. The van der Waals surface area contributed by atoms with Crippen LogP contribution >= 0.6 is 11.6 Å². The molecule has 0 unspecified atom stereocenters. The van der Waals surface area contributed by atoms with Gasteiger partial charge in [-0.3, -0.25) is 0 Å². The maximum Gasteiger partial charge on any atom is 0.176 e. The van der Waals surface area contributed by atoms with E-state index in [1.54, 1.807) is 6.20 Å². The molecule has 5 rings (SSSR count). The van der Waals surface area contributed by atoms with E-state index < -0.39 is 0 Å². The van der Waals surface area contributed by atoms with E-state index in [-0.39, 0.29) is 0 Å². The minimum Gasteiger partial charge on any atom is -0.367 e. The molecule has 3 N–H and O–H groups in total. The SMILES string of the molecule is N[C@@H]1CC[C@@H](Nc2c3c(nc4c(Cl)cnn24)C2(CC3)CC2)C1. The molecule has 2 aromatic rings. The fraction of sp³-hybridized carbons (Fsp3) is 0.625. The van der Waals surface area contributed by atoms with Crippen LogP contribution in [0.15, 0.2) is 6.20 Å². The Morgan fingerprint density at radius 1 is 1.32 bits per heavy atom. The van der Waals surface area contributed by atoms with Crippen LogP contribution in [0, 0.1) is 0 Å². The Morgan fingerprint density at radius 3 is 2.91 bits per heavy atom. The zero-order valence-corrected chi connectivity index (χ0v) is 13.2. The molecule has 2 fully saturated rings. The number of hydrogen-bond acceptors (Lipinski definition) is 4. The third kappa shape index (κ3) is 1.75. The topological polar surface area (TPSA) is 68.2 Å². The highest BCUT2D eigenvalue weighted by molar-refractivity contribution is 6.33. The number of anilines is 1. The lowest BCUT2D eigenvalue weighted by molar-refractivity contribution is 0.665. The van der Waals surface area contributed by atoms with Crippen LogP contribution in [-0.4, -0.2) is 26.7 Å². The van der Waals surface area contributed by atoms with Crippen molar-refractivity contribution in [2.45, 2.75) is 62.4 Å². The van der Waals surface area contributed by atoms with Crippen LogP contribution in [0.25, 0.3) is 5.65 Å². The molecule has 22 heavy (non-hydrogen) atoms. The van der Waals surface area contributed by atoms with Gasteiger partial charge in [0.05, 0.1) is 11.9 Å². The van der Waals surface area contributed by atoms with Crippen molar-refractivity contribution in [1.82, 2.24) is 14.6 Å². The van der Waals surface area contributed by atoms with Crippen molar-refractivity contribution in [2.75, 3.05) is 5.32 Å². The van der Waals surface area contributed by atoms with Crippen LogP contribution in [-0.2, 0) is 11.8 Å². The van der Waals surface area contributed by atoms with Crippen molar-refractivity contribution in [3.63, 3.8) is 0 Å². The number of fused-ring (bicyclic) bond motifs is 3. The zero-order chi connectivity index (χ0) is 14.9. The van der Waals surface area contributed by atoms with Crippen LogP contribution in [0.3, 0.4) is 0 Å². The van der Waals surface area contributed by atoms with Gasteiger partial charge < -0.3 is 11.1 Å². The van der Waals surface area contributed by atoms with Gasteiger partial charge in [0.1, 0.15) is 10.8 Å². The number of nitrogens with zero attached hydrogens (tertiary/aromatic N) is 3. The number of halogens is 1. The second-order valence-corrected chi connectivity index (χ2v) is 7.62. The van der Waals surface area contributed by atoms with Crippen molar-refractivity contribution in [2.24, 2.45) is 5.73 Å². The minimum absolute atomic E-state index is 0.318. The van der Waals surface area contributed by atoms with Gasteiger partial charge in [-0.25, -0.2) is 4.98 Å². The second kappa shape index (κ2) is 4.36. The lowest BCUT2D eigenvalue weighted by Crippen LogP contribution is -2.23. The molecule has 2 saturated carbocycles. The van der Waals surface area contributed by atoms with Gasteiger partial charge in [0.25, 0.3) is 0 Å². The Balaban J connectivity index is 1.65. The Kier molecular flexibility index (Phi) is 2.60. The number of rotatable bonds is 2. The normalized spacial score (nSPS) is 28.5. The fourth-order valence-corrected chi connectivity index (χ4v) is 4.45. The van der Waals surface area contributed by atoms with E-state index in [4.69, 9.17) is 22.3 Å². The van der Waals surface area contributed by atoms with Gasteiger partial charge in [0, 0.05) is 23.1 Å². The summed E-state index contributed by atoms with van der Waals surface area (Å²) in [5, 5.41) is 8.80. The van der Waals surface area contributed by atoms with Gasteiger partial charge in [-0.2, -0.15) is 9.61 Å². The molecule has 0 saturated heterocycles. The first-order valence-corrected chi connectivity index (χ1v) is 8.63. The highest BCUT2D eigenvalue weighted by atomic mass is 35.5. The van der Waals surface area contributed by atoms with Crippen LogP contribution in [0.1, 0.15) is 49.8 Å². The zero-order valence-electron chi connectivity index (χ0n) is 12.5. The summed E-state index contributed by atoms with van der Waals surface area (Å²) in [4.78, 5) is 4.88. The van der Waals surface area contributed by atoms with Crippen molar-refractivity contribution in [1.29, 1.82) is 0 Å². The molecule has 0 bridgehead atoms. The van der Waals surface area contributed by atoms with Gasteiger partial charge in [-0.1, -0.05) is 11.6 Å². The molecule has 3 aliphatic carbocycles. The van der Waals surface area contributed by atoms with E-state index >= 15 is 0 Å². The third-order valence-electron chi connectivity index (χ3n) is 5.73. The largest absolute Gasteiger partial charge is 0.367 e. The number of nitrogens with one attached hydrogen (secondary N) is 1. The predicted octanol–water partition coefficient (Wildman–Crippen LogP) is 2.65. The second-order valence-electron chi connectivity index (χ2n) is 7.21. The monoisotopic (exact) mass is 317 g/mol. The van der Waals surface area contributed by atoms with Gasteiger partial charge in [0.15, 0.2) is 5.65 Å². The smallest absolute Gasteiger partial charge is 0.176 e. The summed E-state index contributed by atoms with van der Waals surface area (Å²) in [6.07, 6.45) is 9.79. The summed E-state index contributed by atoms with van der Waals surface area (Å²) in [7, 11) is 0. The maximum absolute atomic E-state index is 6.31. The Bertz CT molecular complexity index is 763. The molecule has 1 spiro atoms. The van der Waals surface area contributed by atoms with E-state index in [1.807, 2.05) is 4.52 Å². The third-order valence-corrected chi connectivity index (χ3v) is 5.99. The minimum atomic E-state index is 0.318. The summed E-state index contributed by atoms with van der Waals surface area (Å²) in [5.41, 5.74) is 9.82. The van der Waals surface area contributed by atoms with Crippen LogP contribution < -0.4 is 11.1 Å². The molecular weight excluding hydrogens is 298 g/mol. The fourth-order valence-electron chi connectivity index (χ4n) is 4.28. The first kappa shape index (κ1) is 13.1. The van der Waals surface area contributed by atoms with E-state index in [9.17, 15) is 0 Å². The van der Waals surface area contributed by atoms with Crippen molar-refractivity contribution < 1.29 is 0 Å². The molecule has 6 heteroatoms. The van der Waals surface area contributed by atoms with E-state index in [1.165, 1.54) is 30.5 Å². The highest BCUT2D eigenvalue weighted by Gasteiger charge is 2.51. The number of hydrogen-bond donors (Lipinski definition) is 2. The molecule has 0 radical (unpaired) electrons. The molecule has 116 valence electrons. The first-order chi connectivity index (χ1) is 10.7. The van der Waals surface area contributed by atoms with Gasteiger partial charge in [-0.15, -0.1) is 0 Å². The average molecular weight is 318 g/mol. The van der Waals surface area contributed by atoms with E-state index in [0.29, 0.717) is 22.5 Å². The van der Waals surface area contributed by atoms with Crippen LogP contribution in [0.4, 0.5) is 5.82 Å². The average Bonchev–Trinajstić information content (AvgIpc) is 2.81. The van der Waals surface area contributed by atoms with Gasteiger partial charge in [-0.05, 0) is 44.9 Å². The van der Waals surface area contributed by atoms with Crippen molar-refractivity contribution >= 4 is 23.1 Å². The molecule has 2 atom stereocenters. The molecule has 2 heterocycles. The lowest BCUT2D eigenvalue weighted by atomic mass is 10.0. The van der Waals surface area contributed by atoms with E-state index in [2.05, 4.69) is 10.4 Å². The molecule has 3 aliphatic rings. The maximum atomic E-state index is 6.31. The van der Waals surface area contributed by atoms with E-state index in [0.717, 1.165) is 37.1 Å². The predicted molar refractivity (Wildman–Crippen MR) is 86.5 cm³/mol. The number of nitrogens with two attached hydrogens (primary N) is 1. The Hall–Kier alpha value is -1.33. The van der Waals surface area contributed by atoms with Gasteiger partial charge >= 0.3 is 0 Å². The van der Waals surface area contributed by atoms with Crippen LogP contribution in [0.5, 0.6) is 0 Å². The summed E-state index contributed by atoms with van der Waals surface area (Å²) < 4.78 is 1.90. The number of aromatic nitrogens is 3. The lowest BCUT2D eigenvalue weighted by Gasteiger charge is -2.19. The summed E-state index contributed by atoms with van der Waals surface area (Å²) in [6.45, 7) is 0. The summed E-state index contributed by atoms with van der Waals surface area (Å²) in [5.74, 6) is 1.11. The molecule has 2 aromatic heterocycles. The summed E-state index contributed by atoms with van der Waals surface area (Å²) >= 11 is 6.31. The molecular formula is C16H20ClN5. The molecule has 5 nitrogen and oxygen atoms in total. The Labute approximate surface area is 134 Å². The van der Waals surface area contributed by atoms with Crippen LogP contribution in [0.2, 0.25) is 5.02 Å². The molecule has 0 aliphatic heterocycles. The molecule has 0 amide bonds. The van der Waals surface area contributed by atoms with Crippen molar-refractivity contribution in [3.05, 3.63) is 22.5 Å². The Morgan fingerprint density at radius 2 is 2.18 bits per heavy atom. The first-order valence-electron chi connectivity index (χ1n) is 8.25. The standard InChI is InChI=1S/C16H20ClN5/c17-12-8-19-22-14(20-10-2-1-9(18)7-10)11-3-4-16(5-6-16)13(11)21-15(12)22/h8-10,20H,1-7,18H2/t9-,10-/m1/s1. The van der Waals surface area contributed by atoms with Gasteiger partial charge in [0.2, 0.25) is 0 Å². The highest BCUT2D eigenvalue weighted by Crippen LogP contribution is 2.57. The van der Waals surface area contributed by atoms with Crippen molar-refractivity contribution in [3.8, 4) is 0 Å². The quantitative estimate of drug-likeness (QED) is 0.893.